The number of benzene rings is 1. The minimum atomic E-state index is -3.35. The largest absolute Gasteiger partial charge is 0.385 e. The monoisotopic (exact) mass is 294 g/mol. The second-order valence-corrected chi connectivity index (χ2v) is 8.00. The lowest BCUT2D eigenvalue weighted by Crippen LogP contribution is -2.34. The van der Waals surface area contributed by atoms with E-state index < -0.39 is 10.0 Å². The summed E-state index contributed by atoms with van der Waals surface area (Å²) in [5.41, 5.74) is 2.20. The van der Waals surface area contributed by atoms with Gasteiger partial charge in [-0.3, -0.25) is 0 Å². The van der Waals surface area contributed by atoms with Crippen LogP contribution < -0.4 is 5.32 Å². The van der Waals surface area contributed by atoms with E-state index in [-0.39, 0.29) is 6.04 Å². The highest BCUT2D eigenvalue weighted by Crippen LogP contribution is 2.31. The van der Waals surface area contributed by atoms with Gasteiger partial charge < -0.3 is 5.32 Å². The number of rotatable bonds is 2. The van der Waals surface area contributed by atoms with Crippen LogP contribution in [0.5, 0.6) is 0 Å². The van der Waals surface area contributed by atoms with Crippen molar-refractivity contribution in [1.29, 1.82) is 0 Å². The molecule has 3 rings (SSSR count). The quantitative estimate of drug-likeness (QED) is 0.911. The standard InChI is InChI=1S/C15H22N2O2S/c1-11-8-12(2)17(10-11)20(18,19)14-5-6-15-13(9-14)4-3-7-16-15/h5-6,9,11-12,16H,3-4,7-8,10H2,1-2H3. The van der Waals surface area contributed by atoms with Crippen LogP contribution in [0.2, 0.25) is 0 Å². The van der Waals surface area contributed by atoms with E-state index in [1.807, 2.05) is 19.1 Å². The highest BCUT2D eigenvalue weighted by molar-refractivity contribution is 7.89. The average Bonchev–Trinajstić information content (AvgIpc) is 2.78. The molecule has 1 aromatic rings. The van der Waals surface area contributed by atoms with E-state index in [0.29, 0.717) is 17.4 Å². The smallest absolute Gasteiger partial charge is 0.243 e. The number of fused-ring (bicyclic) bond motifs is 1. The van der Waals surface area contributed by atoms with Crippen LogP contribution in [0.15, 0.2) is 23.1 Å². The normalized spacial score (nSPS) is 27.1. The molecular formula is C15H22N2O2S. The van der Waals surface area contributed by atoms with Gasteiger partial charge in [-0.05, 0) is 55.9 Å². The van der Waals surface area contributed by atoms with Gasteiger partial charge in [0.2, 0.25) is 10.0 Å². The molecule has 2 unspecified atom stereocenters. The van der Waals surface area contributed by atoms with Crippen molar-refractivity contribution in [3.8, 4) is 0 Å². The Hall–Kier alpha value is -1.07. The molecular weight excluding hydrogens is 272 g/mol. The van der Waals surface area contributed by atoms with Crippen molar-refractivity contribution in [1.82, 2.24) is 4.31 Å². The van der Waals surface area contributed by atoms with Gasteiger partial charge in [0.1, 0.15) is 0 Å². The Balaban J connectivity index is 1.95. The lowest BCUT2D eigenvalue weighted by molar-refractivity contribution is 0.405. The van der Waals surface area contributed by atoms with Gasteiger partial charge in [0.05, 0.1) is 4.90 Å². The molecule has 0 aromatic heterocycles. The predicted octanol–water partition coefficient (Wildman–Crippen LogP) is 2.46. The van der Waals surface area contributed by atoms with Crippen LogP contribution in [0.25, 0.3) is 0 Å². The van der Waals surface area contributed by atoms with Gasteiger partial charge in [-0.15, -0.1) is 0 Å². The molecule has 0 saturated carbocycles. The Morgan fingerprint density at radius 2 is 2.10 bits per heavy atom. The Kier molecular flexibility index (Phi) is 3.50. The molecule has 2 aliphatic rings. The van der Waals surface area contributed by atoms with Crippen molar-refractivity contribution in [2.45, 2.75) is 44.0 Å². The average molecular weight is 294 g/mol. The van der Waals surface area contributed by atoms with Crippen molar-refractivity contribution in [2.75, 3.05) is 18.4 Å². The summed E-state index contributed by atoms with van der Waals surface area (Å²) in [7, 11) is -3.35. The van der Waals surface area contributed by atoms with E-state index in [1.54, 1.807) is 10.4 Å². The number of aryl methyl sites for hydroxylation is 1. The summed E-state index contributed by atoms with van der Waals surface area (Å²) in [6, 6.07) is 5.60. The maximum absolute atomic E-state index is 12.8. The summed E-state index contributed by atoms with van der Waals surface area (Å²) in [6.07, 6.45) is 2.97. The number of anilines is 1. The van der Waals surface area contributed by atoms with E-state index in [0.717, 1.165) is 37.1 Å². The Labute approximate surface area is 121 Å². The van der Waals surface area contributed by atoms with Crippen LogP contribution in [-0.4, -0.2) is 31.9 Å². The van der Waals surface area contributed by atoms with Crippen LogP contribution >= 0.6 is 0 Å². The fraction of sp³-hybridized carbons (Fsp3) is 0.600. The van der Waals surface area contributed by atoms with Crippen LogP contribution in [0.4, 0.5) is 5.69 Å². The predicted molar refractivity (Wildman–Crippen MR) is 80.4 cm³/mol. The molecule has 2 aliphatic heterocycles. The van der Waals surface area contributed by atoms with Gasteiger partial charge in [-0.1, -0.05) is 6.92 Å². The zero-order chi connectivity index (χ0) is 14.3. The number of hydrogen-bond donors (Lipinski definition) is 1. The Morgan fingerprint density at radius 3 is 2.80 bits per heavy atom. The minimum Gasteiger partial charge on any atom is -0.385 e. The molecule has 2 atom stereocenters. The van der Waals surface area contributed by atoms with Crippen LogP contribution in [0.3, 0.4) is 0 Å². The van der Waals surface area contributed by atoms with E-state index in [2.05, 4.69) is 12.2 Å². The molecule has 1 aromatic carbocycles. The third-order valence-corrected chi connectivity index (χ3v) is 6.32. The van der Waals surface area contributed by atoms with E-state index in [4.69, 9.17) is 0 Å². The lowest BCUT2D eigenvalue weighted by atomic mass is 10.0. The van der Waals surface area contributed by atoms with Gasteiger partial charge in [0.25, 0.3) is 0 Å². The molecule has 1 N–H and O–H groups in total. The molecule has 0 amide bonds. The van der Waals surface area contributed by atoms with Crippen molar-refractivity contribution >= 4 is 15.7 Å². The summed E-state index contributed by atoms with van der Waals surface area (Å²) in [5, 5.41) is 3.32. The lowest BCUT2D eigenvalue weighted by Gasteiger charge is -2.23. The molecule has 1 saturated heterocycles. The molecule has 1 fully saturated rings. The second-order valence-electron chi connectivity index (χ2n) is 6.11. The molecule has 0 spiro atoms. The minimum absolute atomic E-state index is 0.101. The molecule has 110 valence electrons. The summed E-state index contributed by atoms with van der Waals surface area (Å²) in [5.74, 6) is 0.444. The van der Waals surface area contributed by atoms with Crippen molar-refractivity contribution in [2.24, 2.45) is 5.92 Å². The summed E-state index contributed by atoms with van der Waals surface area (Å²) in [4.78, 5) is 0.445. The van der Waals surface area contributed by atoms with Crippen molar-refractivity contribution in [3.63, 3.8) is 0 Å². The van der Waals surface area contributed by atoms with Gasteiger partial charge in [0, 0.05) is 24.8 Å². The zero-order valence-corrected chi connectivity index (χ0v) is 12.9. The first-order valence-electron chi connectivity index (χ1n) is 7.37. The molecule has 20 heavy (non-hydrogen) atoms. The fourth-order valence-corrected chi connectivity index (χ4v) is 5.16. The molecule has 0 bridgehead atoms. The second kappa shape index (κ2) is 5.04. The molecule has 4 nitrogen and oxygen atoms in total. The molecule has 5 heteroatoms. The maximum atomic E-state index is 12.8. The van der Waals surface area contributed by atoms with Crippen LogP contribution in [0.1, 0.15) is 32.3 Å². The van der Waals surface area contributed by atoms with Crippen molar-refractivity contribution < 1.29 is 8.42 Å². The van der Waals surface area contributed by atoms with Gasteiger partial charge >= 0.3 is 0 Å². The summed E-state index contributed by atoms with van der Waals surface area (Å²) >= 11 is 0. The topological polar surface area (TPSA) is 49.4 Å². The van der Waals surface area contributed by atoms with E-state index in [1.165, 1.54) is 0 Å². The van der Waals surface area contributed by atoms with E-state index in [9.17, 15) is 8.42 Å². The van der Waals surface area contributed by atoms with Crippen LogP contribution in [0, 0.1) is 5.92 Å². The number of sulfonamides is 1. The van der Waals surface area contributed by atoms with Crippen molar-refractivity contribution in [3.05, 3.63) is 23.8 Å². The number of hydrogen-bond acceptors (Lipinski definition) is 3. The third kappa shape index (κ3) is 2.33. The fourth-order valence-electron chi connectivity index (χ4n) is 3.34. The first-order valence-corrected chi connectivity index (χ1v) is 8.81. The Morgan fingerprint density at radius 1 is 1.30 bits per heavy atom. The molecule has 0 radical (unpaired) electrons. The summed E-state index contributed by atoms with van der Waals surface area (Å²) < 4.78 is 27.2. The number of nitrogens with one attached hydrogen (secondary N) is 1. The number of nitrogens with zero attached hydrogens (tertiary/aromatic N) is 1. The van der Waals surface area contributed by atoms with Gasteiger partial charge in [0.15, 0.2) is 0 Å². The Bertz CT molecular complexity index is 612. The van der Waals surface area contributed by atoms with E-state index >= 15 is 0 Å². The van der Waals surface area contributed by atoms with Gasteiger partial charge in [-0.2, -0.15) is 4.31 Å². The van der Waals surface area contributed by atoms with Gasteiger partial charge in [-0.25, -0.2) is 8.42 Å². The molecule has 2 heterocycles. The first-order chi connectivity index (χ1) is 9.48. The maximum Gasteiger partial charge on any atom is 0.243 e. The molecule has 0 aliphatic carbocycles. The highest BCUT2D eigenvalue weighted by atomic mass is 32.2. The highest BCUT2D eigenvalue weighted by Gasteiger charge is 2.36. The zero-order valence-electron chi connectivity index (χ0n) is 12.1. The first kappa shape index (κ1) is 13.9. The van der Waals surface area contributed by atoms with Crippen LogP contribution in [-0.2, 0) is 16.4 Å². The summed E-state index contributed by atoms with van der Waals surface area (Å²) in [6.45, 7) is 5.72. The SMILES string of the molecule is CC1CC(C)N(S(=O)(=O)c2ccc3c(c2)CCCN3)C1. The third-order valence-electron chi connectivity index (χ3n) is 4.35.